The van der Waals surface area contributed by atoms with E-state index in [0.29, 0.717) is 33.3 Å². The van der Waals surface area contributed by atoms with E-state index in [1.165, 1.54) is 6.20 Å². The van der Waals surface area contributed by atoms with Gasteiger partial charge in [-0.3, -0.25) is 19.3 Å². The third-order valence-electron chi connectivity index (χ3n) is 6.27. The van der Waals surface area contributed by atoms with Gasteiger partial charge >= 0.3 is 5.69 Å². The lowest BCUT2D eigenvalue weighted by atomic mass is 10.0. The molecule has 0 amide bonds. The first-order valence-corrected chi connectivity index (χ1v) is 11.5. The summed E-state index contributed by atoms with van der Waals surface area (Å²) in [5.74, 6) is 0. The Balaban J connectivity index is 1.68. The predicted molar refractivity (Wildman–Crippen MR) is 133 cm³/mol. The maximum absolute atomic E-state index is 13.1. The van der Waals surface area contributed by atoms with Crippen LogP contribution in [-0.2, 0) is 0 Å². The molecule has 5 heterocycles. The third kappa shape index (κ3) is 3.74. The zero-order valence-electron chi connectivity index (χ0n) is 18.5. The molecule has 0 saturated carbocycles. The van der Waals surface area contributed by atoms with Crippen molar-refractivity contribution in [1.82, 2.24) is 29.4 Å². The van der Waals surface area contributed by atoms with Crippen LogP contribution in [0.3, 0.4) is 0 Å². The first kappa shape index (κ1) is 21.9. The number of thiocarbonyl (C=S) groups is 1. The molecule has 0 unspecified atom stereocenters. The highest BCUT2D eigenvalue weighted by Crippen LogP contribution is 2.29. The van der Waals surface area contributed by atoms with Crippen molar-refractivity contribution in [1.29, 1.82) is 5.26 Å². The van der Waals surface area contributed by atoms with Crippen molar-refractivity contribution in [2.45, 2.75) is 32.2 Å². The standard InChI is InChI=1S/C24H21N7O2S/c1-2-20(34)30-9-7-16(8-10-30)31-22-17(23(32)29-24(31)33)13-27-19-6-5-18(28-21(19)22)14-3-4-15(11-25)26-12-14/h3-6,12-13,16H,2,7-10H2,1H3,(H,29,32,33). The zero-order chi connectivity index (χ0) is 23.8. The van der Waals surface area contributed by atoms with Crippen LogP contribution in [-0.4, -0.2) is 47.5 Å². The number of hydrogen-bond acceptors (Lipinski definition) is 7. The lowest BCUT2D eigenvalue weighted by Crippen LogP contribution is -2.41. The van der Waals surface area contributed by atoms with Gasteiger partial charge in [-0.15, -0.1) is 0 Å². The zero-order valence-corrected chi connectivity index (χ0v) is 19.3. The van der Waals surface area contributed by atoms with Crippen molar-refractivity contribution in [3.63, 3.8) is 0 Å². The summed E-state index contributed by atoms with van der Waals surface area (Å²) in [7, 11) is 0. The predicted octanol–water partition coefficient (Wildman–Crippen LogP) is 2.94. The fourth-order valence-electron chi connectivity index (χ4n) is 4.51. The molecule has 0 atom stereocenters. The molecule has 1 N–H and O–H groups in total. The number of fused-ring (bicyclic) bond motifs is 3. The highest BCUT2D eigenvalue weighted by atomic mass is 32.1. The molecule has 4 aromatic heterocycles. The Kier molecular flexibility index (Phi) is 5.63. The summed E-state index contributed by atoms with van der Waals surface area (Å²) >= 11 is 5.46. The van der Waals surface area contributed by atoms with Crippen molar-refractivity contribution in [2.24, 2.45) is 0 Å². The quantitative estimate of drug-likeness (QED) is 0.358. The molecule has 10 heteroatoms. The van der Waals surface area contributed by atoms with Gasteiger partial charge in [0.15, 0.2) is 0 Å². The average Bonchev–Trinajstić information content (AvgIpc) is 2.88. The summed E-state index contributed by atoms with van der Waals surface area (Å²) in [6.45, 7) is 3.55. The van der Waals surface area contributed by atoms with Crippen LogP contribution in [0.5, 0.6) is 0 Å². The number of hydrogen-bond donors (Lipinski definition) is 1. The Bertz CT molecular complexity index is 1580. The first-order chi connectivity index (χ1) is 16.5. The summed E-state index contributed by atoms with van der Waals surface area (Å²) in [5.41, 5.74) is 2.26. The van der Waals surface area contributed by atoms with E-state index in [2.05, 4.69) is 19.9 Å². The number of pyridine rings is 3. The number of aromatic amines is 1. The van der Waals surface area contributed by atoms with E-state index in [9.17, 15) is 9.59 Å². The van der Waals surface area contributed by atoms with E-state index in [-0.39, 0.29) is 6.04 Å². The molecule has 34 heavy (non-hydrogen) atoms. The van der Waals surface area contributed by atoms with Crippen LogP contribution in [0, 0.1) is 11.3 Å². The molecule has 4 aromatic rings. The molecule has 1 aliphatic rings. The fourth-order valence-corrected chi connectivity index (χ4v) is 4.69. The number of nitriles is 1. The van der Waals surface area contributed by atoms with Crippen LogP contribution >= 0.6 is 12.2 Å². The Labute approximate surface area is 199 Å². The average molecular weight is 472 g/mol. The second kappa shape index (κ2) is 8.76. The normalized spacial score (nSPS) is 14.4. The van der Waals surface area contributed by atoms with Crippen molar-refractivity contribution in [2.75, 3.05) is 13.1 Å². The lowest BCUT2D eigenvalue weighted by Gasteiger charge is -2.34. The molecule has 0 spiro atoms. The molecule has 1 saturated heterocycles. The van der Waals surface area contributed by atoms with Gasteiger partial charge in [0.05, 0.1) is 27.1 Å². The van der Waals surface area contributed by atoms with Gasteiger partial charge in [-0.05, 0) is 43.5 Å². The molecule has 1 fully saturated rings. The van der Waals surface area contributed by atoms with Crippen molar-refractivity contribution >= 4 is 39.1 Å². The van der Waals surface area contributed by atoms with Gasteiger partial charge in [-0.1, -0.05) is 19.1 Å². The van der Waals surface area contributed by atoms with Crippen LogP contribution in [0.1, 0.15) is 37.9 Å². The number of piperidine rings is 1. The van der Waals surface area contributed by atoms with Crippen LogP contribution in [0.4, 0.5) is 0 Å². The monoisotopic (exact) mass is 471 g/mol. The van der Waals surface area contributed by atoms with Gasteiger partial charge < -0.3 is 4.90 Å². The van der Waals surface area contributed by atoms with E-state index in [1.54, 1.807) is 22.9 Å². The summed E-state index contributed by atoms with van der Waals surface area (Å²) in [6, 6.07) is 8.91. The van der Waals surface area contributed by atoms with Gasteiger partial charge in [0, 0.05) is 37.1 Å². The Morgan fingerprint density at radius 2 is 1.97 bits per heavy atom. The molecule has 0 aromatic carbocycles. The highest BCUT2D eigenvalue weighted by molar-refractivity contribution is 7.80. The molecule has 9 nitrogen and oxygen atoms in total. The molecule has 1 aliphatic heterocycles. The van der Waals surface area contributed by atoms with Crippen LogP contribution < -0.4 is 11.2 Å². The summed E-state index contributed by atoms with van der Waals surface area (Å²) in [4.78, 5) is 44.6. The van der Waals surface area contributed by atoms with Gasteiger partial charge in [-0.2, -0.15) is 5.26 Å². The number of rotatable bonds is 3. The Morgan fingerprint density at radius 1 is 1.18 bits per heavy atom. The topological polar surface area (TPSA) is 121 Å². The largest absolute Gasteiger partial charge is 0.366 e. The molecule has 0 aliphatic carbocycles. The van der Waals surface area contributed by atoms with E-state index in [4.69, 9.17) is 22.5 Å². The van der Waals surface area contributed by atoms with E-state index in [1.807, 2.05) is 25.1 Å². The molecule has 170 valence electrons. The Hall–Kier alpha value is -3.97. The van der Waals surface area contributed by atoms with Crippen LogP contribution in [0.2, 0.25) is 0 Å². The number of likely N-dealkylation sites (tertiary alicyclic amines) is 1. The first-order valence-electron chi connectivity index (χ1n) is 11.1. The van der Waals surface area contributed by atoms with Gasteiger partial charge in [0.2, 0.25) is 0 Å². The van der Waals surface area contributed by atoms with Crippen molar-refractivity contribution < 1.29 is 0 Å². The molecular weight excluding hydrogens is 450 g/mol. The molecule has 0 bridgehead atoms. The fraction of sp³-hybridized carbons (Fsp3) is 0.292. The third-order valence-corrected chi connectivity index (χ3v) is 6.82. The number of aromatic nitrogens is 5. The number of nitrogens with zero attached hydrogens (tertiary/aromatic N) is 6. The van der Waals surface area contributed by atoms with Crippen molar-refractivity contribution in [3.8, 4) is 17.3 Å². The summed E-state index contributed by atoms with van der Waals surface area (Å²) in [6.07, 6.45) is 5.35. The summed E-state index contributed by atoms with van der Waals surface area (Å²) in [5, 5.41) is 9.34. The molecule has 0 radical (unpaired) electrons. The molecule has 5 rings (SSSR count). The maximum Gasteiger partial charge on any atom is 0.329 e. The number of H-pyrrole nitrogens is 1. The van der Waals surface area contributed by atoms with Gasteiger partial charge in [0.25, 0.3) is 5.56 Å². The van der Waals surface area contributed by atoms with Gasteiger partial charge in [-0.25, -0.2) is 14.8 Å². The minimum absolute atomic E-state index is 0.101. The van der Waals surface area contributed by atoms with Crippen LogP contribution in [0.15, 0.2) is 46.2 Å². The smallest absolute Gasteiger partial charge is 0.329 e. The SMILES string of the molecule is CCC(=S)N1CCC(n2c(=O)[nH]c(=O)c3cnc4ccc(-c5ccc(C#N)nc5)nc4c32)CC1. The number of nitrogens with one attached hydrogen (secondary N) is 1. The summed E-state index contributed by atoms with van der Waals surface area (Å²) < 4.78 is 1.67. The second-order valence-corrected chi connectivity index (χ2v) is 8.69. The van der Waals surface area contributed by atoms with Crippen molar-refractivity contribution in [3.05, 3.63) is 63.2 Å². The minimum Gasteiger partial charge on any atom is -0.366 e. The second-order valence-electron chi connectivity index (χ2n) is 8.22. The lowest BCUT2D eigenvalue weighted by molar-refractivity contribution is 0.266. The van der Waals surface area contributed by atoms with E-state index < -0.39 is 11.2 Å². The van der Waals surface area contributed by atoms with E-state index in [0.717, 1.165) is 42.9 Å². The Morgan fingerprint density at radius 3 is 2.65 bits per heavy atom. The van der Waals surface area contributed by atoms with E-state index >= 15 is 0 Å². The highest BCUT2D eigenvalue weighted by Gasteiger charge is 2.25. The maximum atomic E-state index is 13.1. The van der Waals surface area contributed by atoms with Gasteiger partial charge in [0.1, 0.15) is 17.3 Å². The minimum atomic E-state index is -0.484. The molecular formula is C24H21N7O2S. The van der Waals surface area contributed by atoms with Crippen LogP contribution in [0.25, 0.3) is 33.2 Å².